The third-order valence-corrected chi connectivity index (χ3v) is 7.25. The van der Waals surface area contributed by atoms with Gasteiger partial charge in [0.1, 0.15) is 11.6 Å². The molecule has 4 aliphatic rings. The summed E-state index contributed by atoms with van der Waals surface area (Å²) in [6, 6.07) is 3.03. The summed E-state index contributed by atoms with van der Waals surface area (Å²) >= 11 is 1.13. The average Bonchev–Trinajstić information content (AvgIpc) is 3.11. The van der Waals surface area contributed by atoms with Gasteiger partial charge in [0.05, 0.1) is 11.4 Å². The molecule has 4 fully saturated rings. The Morgan fingerprint density at radius 1 is 1.14 bits per heavy atom. The molecule has 1 amide bonds. The molecule has 28 heavy (non-hydrogen) atoms. The van der Waals surface area contributed by atoms with Crippen molar-refractivity contribution < 1.29 is 18.0 Å². The molecule has 0 aliphatic heterocycles. The fourth-order valence-corrected chi connectivity index (χ4v) is 6.32. The zero-order valence-electron chi connectivity index (χ0n) is 15.3. The fourth-order valence-electron chi connectivity index (χ4n) is 5.76. The minimum atomic E-state index is -0.805. The maximum atomic E-state index is 13.6. The van der Waals surface area contributed by atoms with E-state index in [0.717, 1.165) is 66.8 Å². The predicted octanol–water partition coefficient (Wildman–Crippen LogP) is 4.55. The zero-order valence-corrected chi connectivity index (χ0v) is 16.1. The molecule has 5 nitrogen and oxygen atoms in total. The second kappa shape index (κ2) is 6.83. The molecule has 4 aliphatic carbocycles. The van der Waals surface area contributed by atoms with Crippen LogP contribution in [0.2, 0.25) is 0 Å². The summed E-state index contributed by atoms with van der Waals surface area (Å²) in [7, 11) is 0. The van der Waals surface area contributed by atoms with Crippen LogP contribution in [0.5, 0.6) is 0 Å². The van der Waals surface area contributed by atoms with Gasteiger partial charge in [-0.2, -0.15) is 0 Å². The van der Waals surface area contributed by atoms with Crippen molar-refractivity contribution in [2.45, 2.75) is 49.2 Å². The highest BCUT2D eigenvalue weighted by Gasteiger charge is 2.54. The second-order valence-corrected chi connectivity index (χ2v) is 9.46. The molecule has 1 N–H and O–H groups in total. The third kappa shape index (κ3) is 3.32. The molecule has 0 unspecified atom stereocenters. The highest BCUT2D eigenvalue weighted by molar-refractivity contribution is 7.99. The minimum Gasteiger partial charge on any atom is -0.415 e. The molecule has 1 heterocycles. The van der Waals surface area contributed by atoms with E-state index in [1.54, 1.807) is 0 Å². The first kappa shape index (κ1) is 18.1. The predicted molar refractivity (Wildman–Crippen MR) is 99.9 cm³/mol. The summed E-state index contributed by atoms with van der Waals surface area (Å²) in [5.41, 5.74) is -0.0214. The molecule has 6 rings (SSSR count). The van der Waals surface area contributed by atoms with Crippen LogP contribution in [0.1, 0.15) is 44.4 Å². The largest absolute Gasteiger partial charge is 0.415 e. The molecule has 1 aromatic carbocycles. The van der Waals surface area contributed by atoms with Gasteiger partial charge in [-0.3, -0.25) is 4.79 Å². The Morgan fingerprint density at radius 2 is 1.82 bits per heavy atom. The number of hydrogen-bond donors (Lipinski definition) is 1. The standard InChI is InChI=1S/C20H21F2N3O2S/c21-14-1-2-16(15(22)6-14)23-17(26)10-28-19-25-24-18(27-19)20-7-11-3-12(8-20)5-13(4-11)9-20/h1-2,6,11-13H,3-5,7-10H2,(H,23,26). The number of anilines is 1. The number of nitrogens with one attached hydrogen (secondary N) is 1. The smallest absolute Gasteiger partial charge is 0.277 e. The van der Waals surface area contributed by atoms with Crippen molar-refractivity contribution in [2.24, 2.45) is 17.8 Å². The van der Waals surface area contributed by atoms with E-state index in [2.05, 4.69) is 15.5 Å². The Labute approximate surface area is 165 Å². The van der Waals surface area contributed by atoms with Crippen LogP contribution in [0, 0.1) is 29.4 Å². The summed E-state index contributed by atoms with van der Waals surface area (Å²) in [6.07, 6.45) is 7.43. The highest BCUT2D eigenvalue weighted by Crippen LogP contribution is 2.60. The molecule has 0 spiro atoms. The van der Waals surface area contributed by atoms with E-state index >= 15 is 0 Å². The molecule has 1 aromatic heterocycles. The molecule has 8 heteroatoms. The van der Waals surface area contributed by atoms with Crippen LogP contribution in [-0.4, -0.2) is 21.9 Å². The Morgan fingerprint density at radius 3 is 2.46 bits per heavy atom. The molecule has 0 saturated heterocycles. The van der Waals surface area contributed by atoms with E-state index in [9.17, 15) is 13.6 Å². The molecule has 0 atom stereocenters. The molecule has 4 saturated carbocycles. The van der Waals surface area contributed by atoms with Gasteiger partial charge < -0.3 is 9.73 Å². The van der Waals surface area contributed by atoms with Crippen LogP contribution in [0.25, 0.3) is 0 Å². The van der Waals surface area contributed by atoms with E-state index in [1.807, 2.05) is 0 Å². The number of halogens is 2. The number of aromatic nitrogens is 2. The minimum absolute atomic E-state index is 0.0132. The van der Waals surface area contributed by atoms with Crippen molar-refractivity contribution in [3.05, 3.63) is 35.7 Å². The molecule has 148 valence electrons. The van der Waals surface area contributed by atoms with E-state index in [4.69, 9.17) is 4.42 Å². The third-order valence-electron chi connectivity index (χ3n) is 6.43. The van der Waals surface area contributed by atoms with Crippen molar-refractivity contribution in [2.75, 3.05) is 11.1 Å². The van der Waals surface area contributed by atoms with Gasteiger partial charge in [0, 0.05) is 11.5 Å². The van der Waals surface area contributed by atoms with Crippen molar-refractivity contribution >= 4 is 23.4 Å². The summed E-state index contributed by atoms with van der Waals surface area (Å²) < 4.78 is 32.5. The van der Waals surface area contributed by atoms with Gasteiger partial charge in [0.2, 0.25) is 11.8 Å². The Balaban J connectivity index is 1.22. The Bertz CT molecular complexity index is 881. The van der Waals surface area contributed by atoms with E-state index < -0.39 is 17.5 Å². The number of carbonyl (C=O) groups is 1. The van der Waals surface area contributed by atoms with E-state index in [1.165, 1.54) is 25.3 Å². The van der Waals surface area contributed by atoms with Gasteiger partial charge in [-0.25, -0.2) is 8.78 Å². The quantitative estimate of drug-likeness (QED) is 0.740. The van der Waals surface area contributed by atoms with Gasteiger partial charge >= 0.3 is 0 Å². The fraction of sp³-hybridized carbons (Fsp3) is 0.550. The van der Waals surface area contributed by atoms with Crippen molar-refractivity contribution in [1.29, 1.82) is 0 Å². The second-order valence-electron chi connectivity index (χ2n) is 8.53. The summed E-state index contributed by atoms with van der Waals surface area (Å²) in [4.78, 5) is 12.1. The number of thioether (sulfide) groups is 1. The average molecular weight is 405 g/mol. The van der Waals surface area contributed by atoms with Gasteiger partial charge in [-0.05, 0) is 68.4 Å². The lowest BCUT2D eigenvalue weighted by Gasteiger charge is -2.55. The molecule has 2 aromatic rings. The lowest BCUT2D eigenvalue weighted by molar-refractivity contribution is -0.113. The van der Waals surface area contributed by atoms with E-state index in [0.29, 0.717) is 5.22 Å². The normalized spacial score (nSPS) is 30.6. The van der Waals surface area contributed by atoms with Crippen LogP contribution < -0.4 is 5.32 Å². The first-order valence-corrected chi connectivity index (χ1v) is 10.7. The van der Waals surface area contributed by atoms with Gasteiger partial charge in [-0.15, -0.1) is 10.2 Å². The number of benzene rings is 1. The Kier molecular flexibility index (Phi) is 4.41. The van der Waals surface area contributed by atoms with Crippen LogP contribution in [0.3, 0.4) is 0 Å². The SMILES string of the molecule is O=C(CSc1nnc(C23CC4CC(CC(C4)C2)C3)o1)Nc1ccc(F)cc1F. The summed E-state index contributed by atoms with van der Waals surface area (Å²) in [5.74, 6) is 1.18. The maximum Gasteiger partial charge on any atom is 0.277 e. The number of rotatable bonds is 5. The summed E-state index contributed by atoms with van der Waals surface area (Å²) in [6.45, 7) is 0. The molecule has 0 radical (unpaired) electrons. The number of nitrogens with zero attached hydrogens (tertiary/aromatic N) is 2. The lowest BCUT2D eigenvalue weighted by Crippen LogP contribution is -2.48. The lowest BCUT2D eigenvalue weighted by atomic mass is 9.49. The molecule has 4 bridgehead atoms. The number of carbonyl (C=O) groups excluding carboxylic acids is 1. The van der Waals surface area contributed by atoms with Gasteiger partial charge in [0.15, 0.2) is 0 Å². The van der Waals surface area contributed by atoms with E-state index in [-0.39, 0.29) is 16.9 Å². The van der Waals surface area contributed by atoms with Crippen LogP contribution in [0.4, 0.5) is 14.5 Å². The van der Waals surface area contributed by atoms with Crippen molar-refractivity contribution in [3.8, 4) is 0 Å². The topological polar surface area (TPSA) is 68.0 Å². The Hall–Kier alpha value is -1.96. The summed E-state index contributed by atoms with van der Waals surface area (Å²) in [5, 5.41) is 11.2. The first-order valence-electron chi connectivity index (χ1n) is 9.71. The van der Waals surface area contributed by atoms with Crippen LogP contribution in [0.15, 0.2) is 27.8 Å². The van der Waals surface area contributed by atoms with Gasteiger partial charge in [-0.1, -0.05) is 11.8 Å². The van der Waals surface area contributed by atoms with Crippen molar-refractivity contribution in [3.63, 3.8) is 0 Å². The highest BCUT2D eigenvalue weighted by atomic mass is 32.2. The first-order chi connectivity index (χ1) is 13.5. The van der Waals surface area contributed by atoms with Gasteiger partial charge in [0.25, 0.3) is 5.22 Å². The zero-order chi connectivity index (χ0) is 19.3. The number of amides is 1. The number of hydrogen-bond acceptors (Lipinski definition) is 5. The monoisotopic (exact) mass is 405 g/mol. The van der Waals surface area contributed by atoms with Crippen LogP contribution in [-0.2, 0) is 10.2 Å². The maximum absolute atomic E-state index is 13.6. The molecular weight excluding hydrogens is 384 g/mol. The van der Waals surface area contributed by atoms with Crippen LogP contribution >= 0.6 is 11.8 Å². The molecular formula is C20H21F2N3O2S. The van der Waals surface area contributed by atoms with Crippen molar-refractivity contribution in [1.82, 2.24) is 10.2 Å².